The molecular weight excluding hydrogens is 387 g/mol. The van der Waals surface area contributed by atoms with Gasteiger partial charge in [0.05, 0.1) is 22.6 Å². The number of benzene rings is 1. The molecule has 0 fully saturated rings. The van der Waals surface area contributed by atoms with E-state index >= 15 is 0 Å². The average molecular weight is 404 g/mol. The Morgan fingerprint density at radius 3 is 2.48 bits per heavy atom. The van der Waals surface area contributed by atoms with Gasteiger partial charge in [0, 0.05) is 12.1 Å². The highest BCUT2D eigenvalue weighted by atomic mass is 35.5. The van der Waals surface area contributed by atoms with Crippen LogP contribution in [0.5, 0.6) is 0 Å². The number of carbonyl (C=O) groups excluding carboxylic acids is 1. The molecule has 1 unspecified atom stereocenters. The second kappa shape index (κ2) is 8.08. The molecule has 0 spiro atoms. The zero-order valence-electron chi connectivity index (χ0n) is 13.8. The summed E-state index contributed by atoms with van der Waals surface area (Å²) in [4.78, 5) is 24.5. The van der Waals surface area contributed by atoms with Gasteiger partial charge in [0.2, 0.25) is 5.91 Å². The number of halogens is 3. The van der Waals surface area contributed by atoms with Crippen molar-refractivity contribution >= 4 is 46.4 Å². The molecule has 1 atom stereocenters. The summed E-state index contributed by atoms with van der Waals surface area (Å²) in [6, 6.07) is 4.12. The number of aromatic nitrogens is 2. The van der Waals surface area contributed by atoms with Gasteiger partial charge in [0.15, 0.2) is 0 Å². The molecular formula is C16H17Cl3N4O2. The topological polar surface area (TPSA) is 76.0 Å². The fourth-order valence-electron chi connectivity index (χ4n) is 2.22. The summed E-state index contributed by atoms with van der Waals surface area (Å²) in [5, 5.41) is 10.3. The fourth-order valence-corrected chi connectivity index (χ4v) is 2.89. The fraction of sp³-hybridized carbons (Fsp3) is 0.312. The summed E-state index contributed by atoms with van der Waals surface area (Å²) in [7, 11) is 1.54. The molecule has 1 heterocycles. The first-order chi connectivity index (χ1) is 11.8. The molecule has 1 amide bonds. The van der Waals surface area contributed by atoms with Crippen LogP contribution in [0.25, 0.3) is 5.69 Å². The van der Waals surface area contributed by atoms with Crippen LogP contribution in [0.1, 0.15) is 13.8 Å². The molecule has 134 valence electrons. The Labute approximate surface area is 160 Å². The second-order valence-electron chi connectivity index (χ2n) is 5.67. The first-order valence-electron chi connectivity index (χ1n) is 7.47. The van der Waals surface area contributed by atoms with Crippen LogP contribution in [-0.2, 0) is 4.79 Å². The van der Waals surface area contributed by atoms with Crippen molar-refractivity contribution < 1.29 is 4.79 Å². The van der Waals surface area contributed by atoms with Crippen molar-refractivity contribution in [3.63, 3.8) is 0 Å². The Morgan fingerprint density at radius 2 is 1.92 bits per heavy atom. The van der Waals surface area contributed by atoms with E-state index in [1.807, 2.05) is 13.8 Å². The van der Waals surface area contributed by atoms with Gasteiger partial charge >= 0.3 is 0 Å². The average Bonchev–Trinajstić information content (AvgIpc) is 2.56. The van der Waals surface area contributed by atoms with Gasteiger partial charge in [0.1, 0.15) is 11.1 Å². The Kier molecular flexibility index (Phi) is 6.32. The maximum atomic E-state index is 12.6. The Hall–Kier alpha value is -1.76. The lowest BCUT2D eigenvalue weighted by molar-refractivity contribution is -0.122. The first-order valence-corrected chi connectivity index (χ1v) is 8.61. The highest BCUT2D eigenvalue weighted by molar-refractivity contribution is 6.36. The zero-order valence-corrected chi connectivity index (χ0v) is 16.1. The number of amides is 1. The molecule has 9 heteroatoms. The predicted molar refractivity (Wildman–Crippen MR) is 101 cm³/mol. The van der Waals surface area contributed by atoms with E-state index in [4.69, 9.17) is 34.8 Å². The zero-order chi connectivity index (χ0) is 18.7. The van der Waals surface area contributed by atoms with Gasteiger partial charge in [0.25, 0.3) is 5.56 Å². The van der Waals surface area contributed by atoms with Crippen molar-refractivity contribution in [2.75, 3.05) is 12.4 Å². The molecule has 2 N–H and O–H groups in total. The molecule has 0 radical (unpaired) electrons. The summed E-state index contributed by atoms with van der Waals surface area (Å²) in [6.07, 6.45) is 1.38. The number of nitrogens with zero attached hydrogens (tertiary/aromatic N) is 2. The van der Waals surface area contributed by atoms with Gasteiger partial charge in [-0.2, -0.15) is 9.78 Å². The van der Waals surface area contributed by atoms with Crippen LogP contribution < -0.4 is 16.2 Å². The lowest BCUT2D eigenvalue weighted by atomic mass is 10.0. The third-order valence-electron chi connectivity index (χ3n) is 3.56. The van der Waals surface area contributed by atoms with Gasteiger partial charge < -0.3 is 10.6 Å². The maximum Gasteiger partial charge on any atom is 0.292 e. The van der Waals surface area contributed by atoms with E-state index < -0.39 is 11.6 Å². The second-order valence-corrected chi connectivity index (χ2v) is 6.89. The third-order valence-corrected chi connectivity index (χ3v) is 4.47. The molecule has 6 nitrogen and oxygen atoms in total. The summed E-state index contributed by atoms with van der Waals surface area (Å²) in [6.45, 7) is 3.76. The van der Waals surface area contributed by atoms with Crippen molar-refractivity contribution in [2.45, 2.75) is 19.9 Å². The third kappa shape index (κ3) is 4.26. The number of carbonyl (C=O) groups is 1. The van der Waals surface area contributed by atoms with E-state index in [1.54, 1.807) is 19.2 Å². The number of nitrogens with one attached hydrogen (secondary N) is 2. The number of hydrogen-bond acceptors (Lipinski definition) is 4. The summed E-state index contributed by atoms with van der Waals surface area (Å²) < 4.78 is 1.08. The lowest BCUT2D eigenvalue weighted by Crippen LogP contribution is -2.42. The number of rotatable bonds is 5. The van der Waals surface area contributed by atoms with E-state index in [9.17, 15) is 9.59 Å². The predicted octanol–water partition coefficient (Wildman–Crippen LogP) is 3.38. The van der Waals surface area contributed by atoms with E-state index in [1.165, 1.54) is 12.3 Å². The minimum Gasteiger partial charge on any atom is -0.371 e. The molecule has 2 aromatic rings. The van der Waals surface area contributed by atoms with Gasteiger partial charge in [-0.05, 0) is 24.1 Å². The van der Waals surface area contributed by atoms with E-state index in [0.717, 1.165) is 4.68 Å². The molecule has 0 aliphatic carbocycles. The van der Waals surface area contributed by atoms with Gasteiger partial charge in [-0.3, -0.25) is 9.59 Å². The van der Waals surface area contributed by atoms with Gasteiger partial charge in [-0.1, -0.05) is 48.7 Å². The van der Waals surface area contributed by atoms with Gasteiger partial charge in [-0.15, -0.1) is 0 Å². The van der Waals surface area contributed by atoms with Crippen LogP contribution >= 0.6 is 34.8 Å². The van der Waals surface area contributed by atoms with Crippen LogP contribution in [0, 0.1) is 5.92 Å². The van der Waals surface area contributed by atoms with Crippen molar-refractivity contribution in [3.05, 3.63) is 49.8 Å². The van der Waals surface area contributed by atoms with Crippen molar-refractivity contribution in [1.82, 2.24) is 15.1 Å². The van der Waals surface area contributed by atoms with Crippen LogP contribution in [0.2, 0.25) is 15.1 Å². The molecule has 1 aromatic heterocycles. The number of likely N-dealkylation sites (N-methyl/N-ethyl adjacent to an activating group) is 1. The summed E-state index contributed by atoms with van der Waals surface area (Å²) in [5.74, 6) is -0.236. The molecule has 0 saturated heterocycles. The van der Waals surface area contributed by atoms with Crippen LogP contribution in [-0.4, -0.2) is 28.8 Å². The van der Waals surface area contributed by atoms with Crippen molar-refractivity contribution in [3.8, 4) is 5.69 Å². The standard InChI is InChI=1S/C16H17Cl3N4O2/c1-8(2)14(15(24)20-3)22-11-7-21-23(16(25)13(11)19)12-5-4-9(17)6-10(12)18/h4-8,14,22H,1-3H3,(H,20,24). The molecule has 0 aliphatic rings. The first kappa shape index (κ1) is 19.6. The van der Waals surface area contributed by atoms with E-state index in [-0.39, 0.29) is 27.6 Å². The molecule has 1 aromatic carbocycles. The molecule has 0 bridgehead atoms. The normalized spacial score (nSPS) is 12.1. The SMILES string of the molecule is CNC(=O)C(Nc1cnn(-c2ccc(Cl)cc2Cl)c(=O)c1Cl)C(C)C. The minimum atomic E-state index is -0.560. The molecule has 25 heavy (non-hydrogen) atoms. The van der Waals surface area contributed by atoms with E-state index in [2.05, 4.69) is 15.7 Å². The quantitative estimate of drug-likeness (QED) is 0.802. The Morgan fingerprint density at radius 1 is 1.24 bits per heavy atom. The molecule has 0 saturated carbocycles. The van der Waals surface area contributed by atoms with Crippen molar-refractivity contribution in [2.24, 2.45) is 5.92 Å². The van der Waals surface area contributed by atoms with E-state index in [0.29, 0.717) is 10.7 Å². The summed E-state index contributed by atoms with van der Waals surface area (Å²) >= 11 is 18.2. The van der Waals surface area contributed by atoms with Crippen LogP contribution in [0.15, 0.2) is 29.2 Å². The maximum absolute atomic E-state index is 12.6. The smallest absolute Gasteiger partial charge is 0.292 e. The van der Waals surface area contributed by atoms with Crippen LogP contribution in [0.3, 0.4) is 0 Å². The van der Waals surface area contributed by atoms with Gasteiger partial charge in [-0.25, -0.2) is 0 Å². The van der Waals surface area contributed by atoms with Crippen LogP contribution in [0.4, 0.5) is 5.69 Å². The Bertz CT molecular complexity index is 852. The highest BCUT2D eigenvalue weighted by Crippen LogP contribution is 2.25. The summed E-state index contributed by atoms with van der Waals surface area (Å²) in [5.41, 5.74) is 0.0711. The van der Waals surface area contributed by atoms with Crippen molar-refractivity contribution in [1.29, 1.82) is 0 Å². The minimum absolute atomic E-state index is 0.0239. The molecule has 2 rings (SSSR count). The lowest BCUT2D eigenvalue weighted by Gasteiger charge is -2.22. The number of anilines is 1. The highest BCUT2D eigenvalue weighted by Gasteiger charge is 2.23. The number of hydrogen-bond donors (Lipinski definition) is 2. The Balaban J connectivity index is 2.44. The largest absolute Gasteiger partial charge is 0.371 e. The monoisotopic (exact) mass is 402 g/mol. The molecule has 0 aliphatic heterocycles.